The monoisotopic (exact) mass is 350 g/mol. The molecule has 0 aliphatic heterocycles. The SMILES string of the molecule is COc1c(Cl)cc(C(=O)Nc2cnc3n[nH]c(C)c3c2)cc1Cl. The lowest BCUT2D eigenvalue weighted by molar-refractivity contribution is 0.102. The molecule has 3 rings (SSSR count). The fraction of sp³-hybridized carbons (Fsp3) is 0.133. The standard InChI is InChI=1S/C15H12Cl2N4O2/c1-7-10-5-9(6-18-14(10)21-20-7)19-15(22)8-3-11(16)13(23-2)12(17)4-8/h3-6H,1-2H3,(H,19,22)(H,18,20,21). The molecule has 0 atom stereocenters. The molecule has 0 saturated heterocycles. The van der Waals surface area contributed by atoms with Crippen molar-refractivity contribution in [2.45, 2.75) is 6.92 Å². The van der Waals surface area contributed by atoms with E-state index in [-0.39, 0.29) is 16.0 Å². The number of benzene rings is 1. The van der Waals surface area contributed by atoms with Crippen LogP contribution in [-0.4, -0.2) is 28.2 Å². The van der Waals surface area contributed by atoms with Gasteiger partial charge >= 0.3 is 0 Å². The highest BCUT2D eigenvalue weighted by atomic mass is 35.5. The van der Waals surface area contributed by atoms with E-state index in [1.807, 2.05) is 6.92 Å². The number of carbonyl (C=O) groups is 1. The van der Waals surface area contributed by atoms with Crippen molar-refractivity contribution in [1.82, 2.24) is 15.2 Å². The smallest absolute Gasteiger partial charge is 0.255 e. The van der Waals surface area contributed by atoms with E-state index in [1.165, 1.54) is 25.4 Å². The van der Waals surface area contributed by atoms with Gasteiger partial charge in [0.2, 0.25) is 0 Å². The summed E-state index contributed by atoms with van der Waals surface area (Å²) in [5.74, 6) is -0.0132. The summed E-state index contributed by atoms with van der Waals surface area (Å²) in [7, 11) is 1.46. The Morgan fingerprint density at radius 1 is 1.26 bits per heavy atom. The third-order valence-corrected chi connectivity index (χ3v) is 3.88. The Morgan fingerprint density at radius 3 is 2.61 bits per heavy atom. The molecular formula is C15H12Cl2N4O2. The zero-order valence-electron chi connectivity index (χ0n) is 12.3. The minimum Gasteiger partial charge on any atom is -0.494 e. The van der Waals surface area contributed by atoms with Crippen molar-refractivity contribution in [2.24, 2.45) is 0 Å². The number of rotatable bonds is 3. The zero-order chi connectivity index (χ0) is 16.6. The summed E-state index contributed by atoms with van der Waals surface area (Å²) >= 11 is 12.1. The molecule has 2 heterocycles. The molecule has 0 bridgehead atoms. The summed E-state index contributed by atoms with van der Waals surface area (Å²) in [6.45, 7) is 1.88. The van der Waals surface area contributed by atoms with Gasteiger partial charge in [0.15, 0.2) is 11.4 Å². The van der Waals surface area contributed by atoms with E-state index in [9.17, 15) is 4.79 Å². The minimum atomic E-state index is -0.348. The van der Waals surface area contributed by atoms with Crippen LogP contribution in [0.25, 0.3) is 11.0 Å². The van der Waals surface area contributed by atoms with Gasteiger partial charge in [-0.2, -0.15) is 5.10 Å². The van der Waals surface area contributed by atoms with Gasteiger partial charge in [-0.3, -0.25) is 9.89 Å². The molecule has 0 radical (unpaired) electrons. The van der Waals surface area contributed by atoms with E-state index < -0.39 is 0 Å². The summed E-state index contributed by atoms with van der Waals surface area (Å²) in [4.78, 5) is 16.5. The van der Waals surface area contributed by atoms with Gasteiger partial charge in [0.05, 0.1) is 29.0 Å². The van der Waals surface area contributed by atoms with E-state index in [0.29, 0.717) is 22.6 Å². The Bertz CT molecular complexity index is 885. The van der Waals surface area contributed by atoms with Crippen molar-refractivity contribution in [3.8, 4) is 5.75 Å². The first-order chi connectivity index (χ1) is 11.0. The second kappa shape index (κ2) is 6.06. The highest BCUT2D eigenvalue weighted by Gasteiger charge is 2.14. The molecule has 8 heteroatoms. The molecule has 3 aromatic rings. The van der Waals surface area contributed by atoms with Crippen LogP contribution in [0.1, 0.15) is 16.1 Å². The summed E-state index contributed by atoms with van der Waals surface area (Å²) in [5, 5.41) is 11.0. The molecule has 0 spiro atoms. The van der Waals surface area contributed by atoms with Crippen molar-refractivity contribution in [3.05, 3.63) is 45.7 Å². The van der Waals surface area contributed by atoms with Gasteiger partial charge in [-0.05, 0) is 25.1 Å². The molecule has 23 heavy (non-hydrogen) atoms. The number of aromatic amines is 1. The number of pyridine rings is 1. The highest BCUT2D eigenvalue weighted by Crippen LogP contribution is 2.34. The maximum Gasteiger partial charge on any atom is 0.255 e. The first kappa shape index (κ1) is 15.6. The Labute approximate surface area is 141 Å². The van der Waals surface area contributed by atoms with Crippen molar-refractivity contribution in [3.63, 3.8) is 0 Å². The quantitative estimate of drug-likeness (QED) is 0.752. The number of aryl methyl sites for hydroxylation is 1. The van der Waals surface area contributed by atoms with Crippen molar-refractivity contribution >= 4 is 45.8 Å². The topological polar surface area (TPSA) is 79.9 Å². The Hall–Kier alpha value is -2.31. The molecule has 2 aromatic heterocycles. The predicted octanol–water partition coefficient (Wildman–Crippen LogP) is 3.83. The van der Waals surface area contributed by atoms with Crippen LogP contribution in [0.2, 0.25) is 10.0 Å². The van der Waals surface area contributed by atoms with Gasteiger partial charge in [0, 0.05) is 16.6 Å². The number of nitrogens with zero attached hydrogens (tertiary/aromatic N) is 2. The molecule has 0 saturated carbocycles. The average molecular weight is 351 g/mol. The molecule has 0 aliphatic rings. The Morgan fingerprint density at radius 2 is 1.96 bits per heavy atom. The number of carbonyl (C=O) groups excluding carboxylic acids is 1. The van der Waals surface area contributed by atoms with Crippen LogP contribution in [0.15, 0.2) is 24.4 Å². The van der Waals surface area contributed by atoms with E-state index in [0.717, 1.165) is 11.1 Å². The van der Waals surface area contributed by atoms with Crippen LogP contribution < -0.4 is 10.1 Å². The summed E-state index contributed by atoms with van der Waals surface area (Å²) in [6.07, 6.45) is 1.53. The first-order valence-corrected chi connectivity index (χ1v) is 7.40. The number of hydrogen-bond donors (Lipinski definition) is 2. The molecule has 0 aliphatic carbocycles. The van der Waals surface area contributed by atoms with Gasteiger partial charge in [-0.25, -0.2) is 4.98 Å². The summed E-state index contributed by atoms with van der Waals surface area (Å²) in [6, 6.07) is 4.79. The maximum absolute atomic E-state index is 12.4. The number of aromatic nitrogens is 3. The predicted molar refractivity (Wildman–Crippen MR) is 89.6 cm³/mol. The lowest BCUT2D eigenvalue weighted by Gasteiger charge is -2.09. The third-order valence-electron chi connectivity index (χ3n) is 3.32. The van der Waals surface area contributed by atoms with E-state index in [4.69, 9.17) is 27.9 Å². The van der Waals surface area contributed by atoms with Crippen molar-refractivity contribution in [1.29, 1.82) is 0 Å². The Balaban J connectivity index is 1.89. The van der Waals surface area contributed by atoms with Crippen LogP contribution in [0.4, 0.5) is 5.69 Å². The molecule has 2 N–H and O–H groups in total. The van der Waals surface area contributed by atoms with Crippen molar-refractivity contribution < 1.29 is 9.53 Å². The van der Waals surface area contributed by atoms with E-state index in [1.54, 1.807) is 6.07 Å². The van der Waals surface area contributed by atoms with Gasteiger partial charge in [-0.1, -0.05) is 23.2 Å². The molecule has 0 unspecified atom stereocenters. The number of hydrogen-bond acceptors (Lipinski definition) is 4. The van der Waals surface area contributed by atoms with Crippen LogP contribution in [0.5, 0.6) is 5.75 Å². The lowest BCUT2D eigenvalue weighted by atomic mass is 10.2. The first-order valence-electron chi connectivity index (χ1n) is 6.64. The number of methoxy groups -OCH3 is 1. The number of amides is 1. The van der Waals surface area contributed by atoms with Crippen LogP contribution in [0.3, 0.4) is 0 Å². The molecule has 0 fully saturated rings. The Kier molecular flexibility index (Phi) is 4.11. The fourth-order valence-electron chi connectivity index (χ4n) is 2.18. The van der Waals surface area contributed by atoms with Crippen LogP contribution in [-0.2, 0) is 0 Å². The average Bonchev–Trinajstić information content (AvgIpc) is 2.88. The molecular weight excluding hydrogens is 339 g/mol. The van der Waals surface area contributed by atoms with Crippen LogP contribution in [0, 0.1) is 6.92 Å². The van der Waals surface area contributed by atoms with E-state index >= 15 is 0 Å². The highest BCUT2D eigenvalue weighted by molar-refractivity contribution is 6.37. The number of halogens is 2. The zero-order valence-corrected chi connectivity index (χ0v) is 13.8. The molecule has 6 nitrogen and oxygen atoms in total. The van der Waals surface area contributed by atoms with Crippen LogP contribution >= 0.6 is 23.2 Å². The molecule has 1 aromatic carbocycles. The second-order valence-electron chi connectivity index (χ2n) is 4.87. The number of H-pyrrole nitrogens is 1. The van der Waals surface area contributed by atoms with Gasteiger partial charge < -0.3 is 10.1 Å². The lowest BCUT2D eigenvalue weighted by Crippen LogP contribution is -2.12. The largest absolute Gasteiger partial charge is 0.494 e. The fourth-order valence-corrected chi connectivity index (χ4v) is 2.82. The minimum absolute atomic E-state index is 0.268. The second-order valence-corrected chi connectivity index (χ2v) is 5.69. The number of ether oxygens (including phenoxy) is 1. The number of nitrogens with one attached hydrogen (secondary N) is 2. The maximum atomic E-state index is 12.4. The normalized spacial score (nSPS) is 10.8. The molecule has 1 amide bonds. The number of anilines is 1. The van der Waals surface area contributed by atoms with Gasteiger partial charge in [0.1, 0.15) is 0 Å². The summed E-state index contributed by atoms with van der Waals surface area (Å²) in [5.41, 5.74) is 2.34. The number of fused-ring (bicyclic) bond motifs is 1. The van der Waals surface area contributed by atoms with Gasteiger partial charge in [0.25, 0.3) is 5.91 Å². The summed E-state index contributed by atoms with van der Waals surface area (Å²) < 4.78 is 5.07. The van der Waals surface area contributed by atoms with E-state index in [2.05, 4.69) is 20.5 Å². The van der Waals surface area contributed by atoms with Gasteiger partial charge in [-0.15, -0.1) is 0 Å². The molecule has 118 valence electrons. The third kappa shape index (κ3) is 2.95. The van der Waals surface area contributed by atoms with Crippen molar-refractivity contribution in [2.75, 3.05) is 12.4 Å².